The molecule has 1 aliphatic heterocycles. The summed E-state index contributed by atoms with van der Waals surface area (Å²) in [7, 11) is 0. The number of furan rings is 1. The topological polar surface area (TPSA) is 80.6 Å². The van der Waals surface area contributed by atoms with E-state index in [4.69, 9.17) is 9.15 Å². The number of ether oxygens (including phenoxy) is 1. The molecule has 2 unspecified atom stereocenters. The summed E-state index contributed by atoms with van der Waals surface area (Å²) in [6, 6.07) is 2.48. The Kier molecular flexibility index (Phi) is 3.83. The molecule has 1 aromatic heterocycles. The summed E-state index contributed by atoms with van der Waals surface area (Å²) in [4.78, 5) is 23.8. The maximum atomic E-state index is 12.2. The van der Waals surface area contributed by atoms with E-state index in [2.05, 4.69) is 17.2 Å². The van der Waals surface area contributed by atoms with Gasteiger partial charge in [0.25, 0.3) is 0 Å². The number of nitrogens with one attached hydrogen (secondary N) is 2. The van der Waals surface area contributed by atoms with Crippen LogP contribution in [0.3, 0.4) is 0 Å². The Labute approximate surface area is 117 Å². The number of carbonyl (C=O) groups is 2. The fourth-order valence-corrected chi connectivity index (χ4v) is 2.13. The maximum Gasteiger partial charge on any atom is 0.319 e. The summed E-state index contributed by atoms with van der Waals surface area (Å²) in [6.45, 7) is 9.07. The van der Waals surface area contributed by atoms with Gasteiger partial charge in [0.05, 0.1) is 6.10 Å². The molecule has 6 heteroatoms. The van der Waals surface area contributed by atoms with Crippen molar-refractivity contribution in [2.45, 2.75) is 32.9 Å². The van der Waals surface area contributed by atoms with Gasteiger partial charge >= 0.3 is 12.0 Å². The lowest BCUT2D eigenvalue weighted by atomic mass is 9.93. The third-order valence-corrected chi connectivity index (χ3v) is 2.94. The largest absolute Gasteiger partial charge is 0.464 e. The van der Waals surface area contributed by atoms with E-state index in [9.17, 15) is 9.59 Å². The van der Waals surface area contributed by atoms with Gasteiger partial charge in [-0.05, 0) is 32.9 Å². The van der Waals surface area contributed by atoms with Crippen molar-refractivity contribution in [2.75, 3.05) is 0 Å². The molecule has 0 spiro atoms. The van der Waals surface area contributed by atoms with Gasteiger partial charge in [-0.3, -0.25) is 4.79 Å². The Morgan fingerprint density at radius 1 is 1.45 bits per heavy atom. The summed E-state index contributed by atoms with van der Waals surface area (Å²) in [5.41, 5.74) is 0.304. The van der Waals surface area contributed by atoms with E-state index in [1.54, 1.807) is 32.9 Å². The molecule has 2 heterocycles. The van der Waals surface area contributed by atoms with Crippen molar-refractivity contribution < 1.29 is 18.7 Å². The lowest BCUT2D eigenvalue weighted by Crippen LogP contribution is -2.51. The van der Waals surface area contributed by atoms with Crippen LogP contribution in [-0.4, -0.2) is 18.1 Å². The van der Waals surface area contributed by atoms with E-state index < -0.39 is 24.0 Å². The summed E-state index contributed by atoms with van der Waals surface area (Å²) in [5, 5.41) is 5.18. The molecule has 6 nitrogen and oxygen atoms in total. The first-order chi connectivity index (χ1) is 9.38. The number of urea groups is 1. The van der Waals surface area contributed by atoms with E-state index >= 15 is 0 Å². The second-order valence-electron chi connectivity index (χ2n) is 5.01. The SMILES string of the molecule is C=C1NC(=O)NC(c2ccc(C)o2)C1C(=O)OC(C)C. The van der Waals surface area contributed by atoms with Crippen LogP contribution in [0.5, 0.6) is 0 Å². The minimum atomic E-state index is -0.722. The number of rotatable bonds is 3. The zero-order valence-electron chi connectivity index (χ0n) is 11.7. The Balaban J connectivity index is 2.30. The molecule has 0 saturated carbocycles. The third kappa shape index (κ3) is 2.84. The first-order valence-corrected chi connectivity index (χ1v) is 6.41. The Morgan fingerprint density at radius 3 is 2.70 bits per heavy atom. The van der Waals surface area contributed by atoms with Crippen molar-refractivity contribution in [1.82, 2.24) is 10.6 Å². The maximum absolute atomic E-state index is 12.2. The van der Waals surface area contributed by atoms with Crippen LogP contribution in [0.4, 0.5) is 4.79 Å². The molecule has 1 saturated heterocycles. The van der Waals surface area contributed by atoms with Gasteiger partial charge in [0.2, 0.25) is 0 Å². The van der Waals surface area contributed by atoms with Gasteiger partial charge < -0.3 is 19.8 Å². The number of aryl methyl sites for hydroxylation is 1. The van der Waals surface area contributed by atoms with Gasteiger partial charge in [0.1, 0.15) is 23.5 Å². The number of hydrogen-bond acceptors (Lipinski definition) is 4. The average Bonchev–Trinajstić information content (AvgIpc) is 2.73. The van der Waals surface area contributed by atoms with E-state index in [0.717, 1.165) is 0 Å². The molecule has 1 fully saturated rings. The van der Waals surface area contributed by atoms with Crippen molar-refractivity contribution in [2.24, 2.45) is 5.92 Å². The molecule has 2 rings (SSSR count). The van der Waals surface area contributed by atoms with Gasteiger partial charge in [-0.25, -0.2) is 4.79 Å². The first-order valence-electron chi connectivity index (χ1n) is 6.41. The standard InChI is InChI=1S/C14H18N2O4/c1-7(2)19-13(17)11-9(4)15-14(18)16-12(11)10-6-5-8(3)20-10/h5-7,11-12H,4H2,1-3H3,(H2,15,16,18). The van der Waals surface area contributed by atoms with Crippen molar-refractivity contribution in [3.05, 3.63) is 35.9 Å². The Morgan fingerprint density at radius 2 is 2.15 bits per heavy atom. The van der Waals surface area contributed by atoms with Crippen molar-refractivity contribution >= 4 is 12.0 Å². The molecule has 2 amide bonds. The predicted octanol–water partition coefficient (Wildman–Crippen LogP) is 2.02. The van der Waals surface area contributed by atoms with Gasteiger partial charge in [-0.15, -0.1) is 0 Å². The van der Waals surface area contributed by atoms with Gasteiger partial charge in [0.15, 0.2) is 0 Å². The van der Waals surface area contributed by atoms with Crippen molar-refractivity contribution in [3.8, 4) is 0 Å². The molecule has 1 aliphatic rings. The zero-order valence-corrected chi connectivity index (χ0v) is 11.7. The summed E-state index contributed by atoms with van der Waals surface area (Å²) in [5.74, 6) is 0.0378. The normalized spacial score (nSPS) is 22.4. The highest BCUT2D eigenvalue weighted by Gasteiger charge is 2.40. The van der Waals surface area contributed by atoms with Crippen LogP contribution < -0.4 is 10.6 Å². The fraction of sp³-hybridized carbons (Fsp3) is 0.429. The van der Waals surface area contributed by atoms with Gasteiger partial charge in [-0.2, -0.15) is 0 Å². The number of amides is 2. The highest BCUT2D eigenvalue weighted by atomic mass is 16.5. The predicted molar refractivity (Wildman–Crippen MR) is 71.7 cm³/mol. The Hall–Kier alpha value is -2.24. The molecule has 2 N–H and O–H groups in total. The fourth-order valence-electron chi connectivity index (χ4n) is 2.13. The van der Waals surface area contributed by atoms with E-state index in [0.29, 0.717) is 17.2 Å². The van der Waals surface area contributed by atoms with Gasteiger partial charge in [-0.1, -0.05) is 6.58 Å². The van der Waals surface area contributed by atoms with E-state index in [1.165, 1.54) is 0 Å². The zero-order chi connectivity index (χ0) is 14.9. The van der Waals surface area contributed by atoms with E-state index in [1.807, 2.05) is 0 Å². The lowest BCUT2D eigenvalue weighted by molar-refractivity contribution is -0.152. The molecule has 0 aliphatic carbocycles. The molecule has 108 valence electrons. The summed E-state index contributed by atoms with van der Waals surface area (Å²) in [6.07, 6.45) is -0.244. The van der Waals surface area contributed by atoms with Crippen LogP contribution in [0.15, 0.2) is 28.8 Å². The third-order valence-electron chi connectivity index (χ3n) is 2.94. The highest BCUT2D eigenvalue weighted by molar-refractivity contribution is 5.85. The van der Waals surface area contributed by atoms with Crippen LogP contribution in [0, 0.1) is 12.8 Å². The summed E-state index contributed by atoms with van der Waals surface area (Å²) >= 11 is 0. The second kappa shape index (κ2) is 5.40. The molecule has 0 bridgehead atoms. The first kappa shape index (κ1) is 14.2. The number of hydrogen-bond donors (Lipinski definition) is 2. The van der Waals surface area contributed by atoms with Crippen molar-refractivity contribution in [1.29, 1.82) is 0 Å². The minimum absolute atomic E-state index is 0.244. The lowest BCUT2D eigenvalue weighted by Gasteiger charge is -2.32. The van der Waals surface area contributed by atoms with Crippen LogP contribution in [0.25, 0.3) is 0 Å². The van der Waals surface area contributed by atoms with Crippen LogP contribution in [-0.2, 0) is 9.53 Å². The second-order valence-corrected chi connectivity index (χ2v) is 5.01. The molecule has 1 aromatic rings. The molecule has 2 atom stereocenters. The van der Waals surface area contributed by atoms with Gasteiger partial charge in [0, 0.05) is 5.70 Å². The van der Waals surface area contributed by atoms with Crippen LogP contribution >= 0.6 is 0 Å². The van der Waals surface area contributed by atoms with E-state index in [-0.39, 0.29) is 6.10 Å². The molecular weight excluding hydrogens is 260 g/mol. The molecular formula is C14H18N2O4. The molecule has 0 radical (unpaired) electrons. The minimum Gasteiger partial charge on any atom is -0.464 e. The van der Waals surface area contributed by atoms with Crippen molar-refractivity contribution in [3.63, 3.8) is 0 Å². The quantitative estimate of drug-likeness (QED) is 0.829. The monoisotopic (exact) mass is 278 g/mol. The number of esters is 1. The molecule has 0 aromatic carbocycles. The Bertz CT molecular complexity index is 547. The molecule has 20 heavy (non-hydrogen) atoms. The van der Waals surface area contributed by atoms with Crippen LogP contribution in [0.1, 0.15) is 31.4 Å². The van der Waals surface area contributed by atoms with Crippen LogP contribution in [0.2, 0.25) is 0 Å². The number of carbonyl (C=O) groups excluding carboxylic acids is 2. The summed E-state index contributed by atoms with van der Waals surface area (Å²) < 4.78 is 10.7. The smallest absolute Gasteiger partial charge is 0.319 e. The highest BCUT2D eigenvalue weighted by Crippen LogP contribution is 2.31. The average molecular weight is 278 g/mol.